The number of fused-ring (bicyclic) bond motifs is 1. The minimum Gasteiger partial charge on any atom is -0.325 e. The van der Waals surface area contributed by atoms with E-state index in [4.69, 9.17) is 0 Å². The fourth-order valence-corrected chi connectivity index (χ4v) is 1.40. The van der Waals surface area contributed by atoms with Crippen LogP contribution in [0.4, 0.5) is 5.69 Å². The van der Waals surface area contributed by atoms with Gasteiger partial charge in [0.05, 0.1) is 17.8 Å². The molecule has 2 rings (SSSR count). The number of nitrogens with one attached hydrogen (secondary N) is 3. The molecule has 5 nitrogen and oxygen atoms in total. The minimum absolute atomic E-state index is 0.0543. The highest BCUT2D eigenvalue weighted by atomic mass is 16.2. The summed E-state index contributed by atoms with van der Waals surface area (Å²) in [5.74, 6) is -0.0543. The zero-order valence-corrected chi connectivity index (χ0v) is 9.24. The van der Waals surface area contributed by atoms with Gasteiger partial charge in [-0.25, -0.2) is 0 Å². The van der Waals surface area contributed by atoms with E-state index in [9.17, 15) is 4.79 Å². The molecule has 0 saturated heterocycles. The average Bonchev–Trinajstić information content (AvgIpc) is 2.75. The normalized spacial score (nSPS) is 12.6. The van der Waals surface area contributed by atoms with Crippen molar-refractivity contribution in [2.24, 2.45) is 0 Å². The van der Waals surface area contributed by atoms with Gasteiger partial charge < -0.3 is 10.6 Å². The van der Waals surface area contributed by atoms with Crippen LogP contribution < -0.4 is 10.6 Å². The molecule has 0 spiro atoms. The van der Waals surface area contributed by atoms with Gasteiger partial charge in [0.15, 0.2) is 0 Å². The summed E-state index contributed by atoms with van der Waals surface area (Å²) in [5, 5.41) is 13.5. The first-order valence-electron chi connectivity index (χ1n) is 5.12. The molecule has 0 fully saturated rings. The molecular weight excluding hydrogens is 204 g/mol. The van der Waals surface area contributed by atoms with Crippen LogP contribution in [0, 0.1) is 0 Å². The predicted octanol–water partition coefficient (Wildman–Crippen LogP) is 1.11. The van der Waals surface area contributed by atoms with Crippen molar-refractivity contribution < 1.29 is 4.79 Å². The summed E-state index contributed by atoms with van der Waals surface area (Å²) in [6.45, 7) is 1.81. The van der Waals surface area contributed by atoms with Gasteiger partial charge in [-0.1, -0.05) is 0 Å². The molecule has 0 bridgehead atoms. The molecule has 1 heterocycles. The van der Waals surface area contributed by atoms with Crippen LogP contribution in [0.3, 0.4) is 0 Å². The number of H-pyrrole nitrogens is 1. The summed E-state index contributed by atoms with van der Waals surface area (Å²) in [6, 6.07) is 5.43. The highest BCUT2D eigenvalue weighted by Crippen LogP contribution is 2.16. The van der Waals surface area contributed by atoms with E-state index in [1.54, 1.807) is 13.2 Å². The molecule has 1 aromatic heterocycles. The van der Waals surface area contributed by atoms with E-state index < -0.39 is 0 Å². The van der Waals surface area contributed by atoms with Crippen molar-refractivity contribution in [3.8, 4) is 0 Å². The molecule has 3 N–H and O–H groups in total. The van der Waals surface area contributed by atoms with E-state index in [-0.39, 0.29) is 11.9 Å². The van der Waals surface area contributed by atoms with Gasteiger partial charge >= 0.3 is 0 Å². The van der Waals surface area contributed by atoms with Gasteiger partial charge in [-0.15, -0.1) is 0 Å². The van der Waals surface area contributed by atoms with Crippen LogP contribution in [0.5, 0.6) is 0 Å². The molecule has 0 radical (unpaired) electrons. The first-order chi connectivity index (χ1) is 7.70. The maximum atomic E-state index is 11.6. The summed E-state index contributed by atoms with van der Waals surface area (Å²) in [6.07, 6.45) is 1.75. The van der Waals surface area contributed by atoms with E-state index in [2.05, 4.69) is 20.8 Å². The largest absolute Gasteiger partial charge is 0.325 e. The summed E-state index contributed by atoms with van der Waals surface area (Å²) in [7, 11) is 1.75. The molecule has 0 saturated carbocycles. The number of anilines is 1. The molecule has 0 aliphatic carbocycles. The summed E-state index contributed by atoms with van der Waals surface area (Å²) < 4.78 is 0. The Morgan fingerprint density at radius 2 is 2.31 bits per heavy atom. The van der Waals surface area contributed by atoms with Crippen LogP contribution in [-0.2, 0) is 4.79 Å². The molecular formula is C11H14N4O. The second-order valence-electron chi connectivity index (χ2n) is 3.67. The molecule has 1 amide bonds. The highest BCUT2D eigenvalue weighted by molar-refractivity contribution is 5.96. The average molecular weight is 218 g/mol. The topological polar surface area (TPSA) is 69.8 Å². The lowest BCUT2D eigenvalue weighted by molar-refractivity contribution is -0.117. The standard InChI is InChI=1S/C11H14N4O/c1-7(12-2)11(16)14-9-4-3-8-6-13-15-10(8)5-9/h3-7,12H,1-2H3,(H,13,15)(H,14,16). The van der Waals surface area contributed by atoms with Crippen LogP contribution in [0.1, 0.15) is 6.92 Å². The second-order valence-corrected chi connectivity index (χ2v) is 3.67. The third-order valence-electron chi connectivity index (χ3n) is 2.54. The van der Waals surface area contributed by atoms with Crippen molar-refractivity contribution in [3.05, 3.63) is 24.4 Å². The number of aromatic nitrogens is 2. The number of carbonyl (C=O) groups is 1. The van der Waals surface area contributed by atoms with Gasteiger partial charge in [0.1, 0.15) is 0 Å². The molecule has 16 heavy (non-hydrogen) atoms. The number of nitrogens with zero attached hydrogens (tertiary/aromatic N) is 1. The van der Waals surface area contributed by atoms with Gasteiger partial charge in [-0.2, -0.15) is 5.10 Å². The van der Waals surface area contributed by atoms with Crippen molar-refractivity contribution >= 4 is 22.5 Å². The quantitative estimate of drug-likeness (QED) is 0.722. The van der Waals surface area contributed by atoms with Crippen LogP contribution in [0.25, 0.3) is 10.9 Å². The van der Waals surface area contributed by atoms with E-state index >= 15 is 0 Å². The zero-order valence-electron chi connectivity index (χ0n) is 9.24. The van der Waals surface area contributed by atoms with Crippen molar-refractivity contribution in [1.82, 2.24) is 15.5 Å². The Kier molecular flexibility index (Phi) is 2.87. The maximum absolute atomic E-state index is 11.6. The lowest BCUT2D eigenvalue weighted by Crippen LogP contribution is -2.35. The molecule has 84 valence electrons. The Hall–Kier alpha value is -1.88. The van der Waals surface area contributed by atoms with Crippen LogP contribution in [-0.4, -0.2) is 29.2 Å². The fourth-order valence-electron chi connectivity index (χ4n) is 1.40. The number of hydrogen-bond acceptors (Lipinski definition) is 3. The van der Waals surface area contributed by atoms with Crippen molar-refractivity contribution in [2.45, 2.75) is 13.0 Å². The number of likely N-dealkylation sites (N-methyl/N-ethyl adjacent to an activating group) is 1. The zero-order chi connectivity index (χ0) is 11.5. The highest BCUT2D eigenvalue weighted by Gasteiger charge is 2.10. The van der Waals surface area contributed by atoms with Crippen molar-refractivity contribution in [2.75, 3.05) is 12.4 Å². The summed E-state index contributed by atoms with van der Waals surface area (Å²) in [4.78, 5) is 11.6. The maximum Gasteiger partial charge on any atom is 0.241 e. The van der Waals surface area contributed by atoms with Crippen molar-refractivity contribution in [3.63, 3.8) is 0 Å². The minimum atomic E-state index is -0.211. The van der Waals surface area contributed by atoms with E-state index in [0.29, 0.717) is 0 Å². The van der Waals surface area contributed by atoms with Crippen LogP contribution in [0.2, 0.25) is 0 Å². The Bertz CT molecular complexity index is 505. The SMILES string of the molecule is CNC(C)C(=O)Nc1ccc2cn[nH]c2c1. The summed E-state index contributed by atoms with van der Waals surface area (Å²) >= 11 is 0. The van der Waals surface area contributed by atoms with E-state index in [1.165, 1.54) is 0 Å². The Labute approximate surface area is 93.2 Å². The first kappa shape index (κ1) is 10.6. The van der Waals surface area contributed by atoms with Gasteiger partial charge in [-0.05, 0) is 32.2 Å². The van der Waals surface area contributed by atoms with E-state index in [1.807, 2.05) is 25.1 Å². The first-order valence-corrected chi connectivity index (χ1v) is 5.12. The second kappa shape index (κ2) is 4.32. The van der Waals surface area contributed by atoms with Crippen LogP contribution >= 0.6 is 0 Å². The summed E-state index contributed by atoms with van der Waals surface area (Å²) in [5.41, 5.74) is 1.68. The predicted molar refractivity (Wildman–Crippen MR) is 63.2 cm³/mol. The number of aromatic amines is 1. The molecule has 1 aromatic carbocycles. The molecule has 2 aromatic rings. The van der Waals surface area contributed by atoms with Gasteiger partial charge in [0, 0.05) is 11.1 Å². The smallest absolute Gasteiger partial charge is 0.241 e. The molecule has 1 unspecified atom stereocenters. The number of benzene rings is 1. The number of carbonyl (C=O) groups excluding carboxylic acids is 1. The third kappa shape index (κ3) is 2.04. The Morgan fingerprint density at radius 3 is 3.06 bits per heavy atom. The van der Waals surface area contributed by atoms with E-state index in [0.717, 1.165) is 16.6 Å². The fraction of sp³-hybridized carbons (Fsp3) is 0.273. The number of rotatable bonds is 3. The molecule has 5 heteroatoms. The number of amides is 1. The molecule has 0 aliphatic rings. The van der Waals surface area contributed by atoms with Gasteiger partial charge in [0.2, 0.25) is 5.91 Å². The Balaban J connectivity index is 2.17. The lowest BCUT2D eigenvalue weighted by atomic mass is 10.2. The van der Waals surface area contributed by atoms with Gasteiger partial charge in [0.25, 0.3) is 0 Å². The van der Waals surface area contributed by atoms with Crippen LogP contribution in [0.15, 0.2) is 24.4 Å². The Morgan fingerprint density at radius 1 is 1.50 bits per heavy atom. The monoisotopic (exact) mass is 218 g/mol. The molecule has 0 aliphatic heterocycles. The molecule has 1 atom stereocenters. The lowest BCUT2D eigenvalue weighted by Gasteiger charge is -2.10. The van der Waals surface area contributed by atoms with Crippen molar-refractivity contribution in [1.29, 1.82) is 0 Å². The number of hydrogen-bond donors (Lipinski definition) is 3. The third-order valence-corrected chi connectivity index (χ3v) is 2.54. The van der Waals surface area contributed by atoms with Gasteiger partial charge in [-0.3, -0.25) is 9.89 Å².